The summed E-state index contributed by atoms with van der Waals surface area (Å²) < 4.78 is 39.6. The van der Waals surface area contributed by atoms with Crippen LogP contribution in [0.5, 0.6) is 5.75 Å². The molecular weight excluding hydrogens is 277 g/mol. The molecule has 0 spiro atoms. The topological polar surface area (TPSA) is 45.9 Å². The van der Waals surface area contributed by atoms with Gasteiger partial charge in [-0.15, -0.1) is 13.2 Å². The van der Waals surface area contributed by atoms with Crippen LogP contribution < -0.4 is 4.74 Å². The van der Waals surface area contributed by atoms with E-state index < -0.39 is 12.1 Å². The highest BCUT2D eigenvalue weighted by atomic mass is 79.9. The SMILES string of the molecule is N#Cc1cc(OC(F)(F)F)c(CBr)cn1. The molecule has 0 aromatic carbocycles. The summed E-state index contributed by atoms with van der Waals surface area (Å²) in [5, 5.41) is 8.63. The van der Waals surface area contributed by atoms with E-state index in [1.54, 1.807) is 6.07 Å². The second-order valence-corrected chi connectivity index (χ2v) is 3.03. The van der Waals surface area contributed by atoms with Crippen molar-refractivity contribution in [2.75, 3.05) is 0 Å². The van der Waals surface area contributed by atoms with Gasteiger partial charge in [0.25, 0.3) is 0 Å². The van der Waals surface area contributed by atoms with Gasteiger partial charge in [-0.3, -0.25) is 0 Å². The Labute approximate surface area is 91.6 Å². The number of hydrogen-bond acceptors (Lipinski definition) is 3. The lowest BCUT2D eigenvalue weighted by molar-refractivity contribution is -0.274. The number of pyridine rings is 1. The standard InChI is InChI=1S/C8H4BrF3N2O/c9-2-5-4-14-6(3-13)1-7(5)15-8(10,11)12/h1,4H,2H2. The maximum atomic E-state index is 12.0. The highest BCUT2D eigenvalue weighted by Crippen LogP contribution is 2.27. The number of nitriles is 1. The third-order valence-electron chi connectivity index (χ3n) is 1.43. The molecule has 0 radical (unpaired) electrons. The van der Waals surface area contributed by atoms with Crippen LogP contribution in [0.3, 0.4) is 0 Å². The molecule has 0 aliphatic heterocycles. The zero-order valence-electron chi connectivity index (χ0n) is 7.18. The Morgan fingerprint density at radius 1 is 1.53 bits per heavy atom. The van der Waals surface area contributed by atoms with Crippen molar-refractivity contribution in [2.45, 2.75) is 11.7 Å². The Bertz CT molecular complexity index is 400. The van der Waals surface area contributed by atoms with Gasteiger partial charge in [-0.1, -0.05) is 15.9 Å². The zero-order chi connectivity index (χ0) is 11.5. The zero-order valence-corrected chi connectivity index (χ0v) is 8.76. The lowest BCUT2D eigenvalue weighted by atomic mass is 10.2. The molecule has 1 aromatic heterocycles. The van der Waals surface area contributed by atoms with E-state index in [4.69, 9.17) is 5.26 Å². The summed E-state index contributed by atoms with van der Waals surface area (Å²) in [5.41, 5.74) is 0.102. The minimum absolute atomic E-state index is 0.126. The van der Waals surface area contributed by atoms with Gasteiger partial charge in [-0.05, 0) is 0 Å². The molecule has 0 N–H and O–H groups in total. The van der Waals surface area contributed by atoms with Gasteiger partial charge in [0.2, 0.25) is 0 Å². The molecule has 0 aliphatic rings. The Balaban J connectivity index is 3.08. The summed E-state index contributed by atoms with van der Waals surface area (Å²) in [5.74, 6) is -0.411. The van der Waals surface area contributed by atoms with E-state index in [-0.39, 0.29) is 16.6 Å². The summed E-state index contributed by atoms with van der Waals surface area (Å²) in [6.07, 6.45) is -3.61. The predicted molar refractivity (Wildman–Crippen MR) is 48.3 cm³/mol. The maximum Gasteiger partial charge on any atom is 0.573 e. The highest BCUT2D eigenvalue weighted by molar-refractivity contribution is 9.08. The number of hydrogen-bond donors (Lipinski definition) is 0. The number of rotatable bonds is 2. The van der Waals surface area contributed by atoms with Crippen LogP contribution >= 0.6 is 15.9 Å². The van der Waals surface area contributed by atoms with Gasteiger partial charge < -0.3 is 4.74 Å². The Morgan fingerprint density at radius 2 is 2.20 bits per heavy atom. The first-order chi connectivity index (χ1) is 6.96. The minimum Gasteiger partial charge on any atom is -0.405 e. The van der Waals surface area contributed by atoms with Gasteiger partial charge in [-0.25, -0.2) is 4.98 Å². The normalized spacial score (nSPS) is 10.9. The largest absolute Gasteiger partial charge is 0.573 e. The van der Waals surface area contributed by atoms with Crippen LogP contribution in [0, 0.1) is 11.3 Å². The van der Waals surface area contributed by atoms with E-state index in [2.05, 4.69) is 25.7 Å². The van der Waals surface area contributed by atoms with Crippen LogP contribution in [0.1, 0.15) is 11.3 Å². The number of alkyl halides is 4. The molecule has 0 atom stereocenters. The summed E-state index contributed by atoms with van der Waals surface area (Å²) in [7, 11) is 0. The molecule has 3 nitrogen and oxygen atoms in total. The lowest BCUT2D eigenvalue weighted by Crippen LogP contribution is -2.18. The van der Waals surface area contributed by atoms with Crippen LogP contribution in [0.4, 0.5) is 13.2 Å². The second kappa shape index (κ2) is 4.49. The fraction of sp³-hybridized carbons (Fsp3) is 0.250. The molecule has 1 heterocycles. The quantitative estimate of drug-likeness (QED) is 0.783. The number of nitrogens with zero attached hydrogens (tertiary/aromatic N) is 2. The van der Waals surface area contributed by atoms with Gasteiger partial charge >= 0.3 is 6.36 Å². The smallest absolute Gasteiger partial charge is 0.405 e. The van der Waals surface area contributed by atoms with E-state index in [1.807, 2.05) is 0 Å². The molecule has 0 fully saturated rings. The van der Waals surface area contributed by atoms with Gasteiger partial charge in [0.05, 0.1) is 0 Å². The van der Waals surface area contributed by atoms with E-state index in [0.29, 0.717) is 0 Å². The minimum atomic E-state index is -4.77. The number of halogens is 4. The third kappa shape index (κ3) is 3.40. The van der Waals surface area contributed by atoms with Crippen molar-refractivity contribution < 1.29 is 17.9 Å². The first kappa shape index (κ1) is 11.8. The molecular formula is C8H4BrF3N2O. The van der Waals surface area contributed by atoms with Gasteiger partial charge in [0.1, 0.15) is 17.5 Å². The molecule has 1 rings (SSSR count). The lowest BCUT2D eigenvalue weighted by Gasteiger charge is -2.11. The van der Waals surface area contributed by atoms with Crippen LogP contribution in [-0.4, -0.2) is 11.3 Å². The van der Waals surface area contributed by atoms with E-state index in [1.165, 1.54) is 0 Å². The fourth-order valence-corrected chi connectivity index (χ4v) is 1.27. The average molecular weight is 281 g/mol. The molecule has 0 amide bonds. The predicted octanol–water partition coefficient (Wildman–Crippen LogP) is 2.75. The Kier molecular flexibility index (Phi) is 3.52. The van der Waals surface area contributed by atoms with E-state index in [0.717, 1.165) is 12.3 Å². The van der Waals surface area contributed by atoms with Crippen LogP contribution in [0.2, 0.25) is 0 Å². The first-order valence-corrected chi connectivity index (χ1v) is 4.79. The van der Waals surface area contributed by atoms with Crippen molar-refractivity contribution in [3.05, 3.63) is 23.5 Å². The van der Waals surface area contributed by atoms with Gasteiger partial charge in [0, 0.05) is 23.2 Å². The molecule has 0 unspecified atom stereocenters. The molecule has 80 valence electrons. The van der Waals surface area contributed by atoms with Crippen molar-refractivity contribution >= 4 is 15.9 Å². The molecule has 15 heavy (non-hydrogen) atoms. The summed E-state index contributed by atoms with van der Waals surface area (Å²) in [6.45, 7) is 0. The summed E-state index contributed by atoms with van der Waals surface area (Å²) in [4.78, 5) is 3.62. The maximum absolute atomic E-state index is 12.0. The molecule has 0 saturated heterocycles. The van der Waals surface area contributed by atoms with Crippen LogP contribution in [-0.2, 0) is 5.33 Å². The van der Waals surface area contributed by atoms with E-state index >= 15 is 0 Å². The van der Waals surface area contributed by atoms with Crippen molar-refractivity contribution in [1.29, 1.82) is 5.26 Å². The fourth-order valence-electron chi connectivity index (χ4n) is 0.846. The van der Waals surface area contributed by atoms with Crippen LogP contribution in [0.25, 0.3) is 0 Å². The van der Waals surface area contributed by atoms with Crippen molar-refractivity contribution in [1.82, 2.24) is 4.98 Å². The Hall–Kier alpha value is -1.29. The van der Waals surface area contributed by atoms with Crippen molar-refractivity contribution in [3.63, 3.8) is 0 Å². The summed E-state index contributed by atoms with van der Waals surface area (Å²) in [6, 6.07) is 2.58. The molecule has 0 aliphatic carbocycles. The number of aromatic nitrogens is 1. The molecule has 0 saturated carbocycles. The molecule has 0 bridgehead atoms. The van der Waals surface area contributed by atoms with Gasteiger partial charge in [0.15, 0.2) is 0 Å². The molecule has 1 aromatic rings. The highest BCUT2D eigenvalue weighted by Gasteiger charge is 2.32. The first-order valence-electron chi connectivity index (χ1n) is 3.67. The van der Waals surface area contributed by atoms with Crippen molar-refractivity contribution in [2.24, 2.45) is 0 Å². The Morgan fingerprint density at radius 3 is 2.67 bits per heavy atom. The molecule has 7 heteroatoms. The second-order valence-electron chi connectivity index (χ2n) is 2.47. The van der Waals surface area contributed by atoms with Gasteiger partial charge in [-0.2, -0.15) is 5.26 Å². The average Bonchev–Trinajstić information content (AvgIpc) is 2.15. The monoisotopic (exact) mass is 280 g/mol. The van der Waals surface area contributed by atoms with Crippen molar-refractivity contribution in [3.8, 4) is 11.8 Å². The van der Waals surface area contributed by atoms with E-state index in [9.17, 15) is 13.2 Å². The number of ether oxygens (including phenoxy) is 1. The third-order valence-corrected chi connectivity index (χ3v) is 2.03. The van der Waals surface area contributed by atoms with Crippen LogP contribution in [0.15, 0.2) is 12.3 Å². The summed E-state index contributed by atoms with van der Waals surface area (Å²) >= 11 is 2.99.